The molecule has 1 unspecified atom stereocenters. The molecule has 1 N–H and O–H groups in total. The molecule has 0 saturated heterocycles. The molecule has 4 saturated carbocycles. The number of benzene rings is 2. The summed E-state index contributed by atoms with van der Waals surface area (Å²) in [6, 6.07) is 17.6. The SMILES string of the molecule is Cc1ccc(C[N+](C)(C)CC(O)COc2ccc(C34CC5CC(CC(C5)C3)C4)cc2)cc1.[Cl-]. The lowest BCUT2D eigenvalue weighted by Gasteiger charge is -2.57. The third-order valence-corrected chi connectivity index (χ3v) is 8.38. The van der Waals surface area contributed by atoms with Crippen LogP contribution in [-0.4, -0.2) is 42.9 Å². The molecule has 4 aliphatic rings. The maximum absolute atomic E-state index is 10.6. The standard InChI is InChI=1S/C29H40NO2.ClH/c1-21-4-6-22(7-5-21)18-30(2,3)19-27(31)20-32-28-10-8-26(9-11-28)29-15-23-12-24(16-29)14-25(13-23)17-29;/h4-11,23-25,27,31H,12-20H2,1-3H3;1H/q+1;/p-1. The van der Waals surface area contributed by atoms with Gasteiger partial charge in [-0.25, -0.2) is 0 Å². The maximum Gasteiger partial charge on any atom is 0.137 e. The Morgan fingerprint density at radius 3 is 2.00 bits per heavy atom. The number of rotatable bonds is 8. The predicted octanol–water partition coefficient (Wildman–Crippen LogP) is 2.48. The van der Waals surface area contributed by atoms with Crippen LogP contribution in [0.25, 0.3) is 0 Å². The van der Waals surface area contributed by atoms with Crippen molar-refractivity contribution in [3.8, 4) is 5.75 Å². The van der Waals surface area contributed by atoms with Gasteiger partial charge < -0.3 is 26.7 Å². The number of likely N-dealkylation sites (N-methyl/N-ethyl adjacent to an activating group) is 1. The smallest absolute Gasteiger partial charge is 0.137 e. The summed E-state index contributed by atoms with van der Waals surface area (Å²) in [6.45, 7) is 4.02. The van der Waals surface area contributed by atoms with Crippen molar-refractivity contribution in [2.24, 2.45) is 17.8 Å². The van der Waals surface area contributed by atoms with Crippen LogP contribution in [0.1, 0.15) is 55.2 Å². The minimum absolute atomic E-state index is 0. The lowest BCUT2D eigenvalue weighted by Crippen LogP contribution is -3.00. The van der Waals surface area contributed by atoms with Gasteiger partial charge in [0, 0.05) is 5.56 Å². The van der Waals surface area contributed by atoms with Gasteiger partial charge in [-0.05, 0) is 86.3 Å². The summed E-state index contributed by atoms with van der Waals surface area (Å²) in [5.74, 6) is 3.78. The van der Waals surface area contributed by atoms with Crippen LogP contribution in [0.2, 0.25) is 0 Å². The first-order valence-electron chi connectivity index (χ1n) is 12.6. The van der Waals surface area contributed by atoms with Gasteiger partial charge in [-0.1, -0.05) is 42.0 Å². The van der Waals surface area contributed by atoms with Crippen molar-refractivity contribution in [3.05, 3.63) is 65.2 Å². The Labute approximate surface area is 206 Å². The van der Waals surface area contributed by atoms with E-state index < -0.39 is 6.10 Å². The summed E-state index contributed by atoms with van der Waals surface area (Å²) in [5.41, 5.74) is 4.54. The molecule has 4 fully saturated rings. The Bertz CT molecular complexity index is 886. The molecule has 0 heterocycles. The Balaban J connectivity index is 0.00000259. The molecule has 0 spiro atoms. The van der Waals surface area contributed by atoms with E-state index in [9.17, 15) is 5.11 Å². The van der Waals surface area contributed by atoms with E-state index >= 15 is 0 Å². The van der Waals surface area contributed by atoms with Crippen LogP contribution in [-0.2, 0) is 12.0 Å². The van der Waals surface area contributed by atoms with E-state index in [0.717, 1.165) is 34.5 Å². The second-order valence-electron chi connectivity index (χ2n) is 11.9. The summed E-state index contributed by atoms with van der Waals surface area (Å²) < 4.78 is 6.73. The van der Waals surface area contributed by atoms with Crippen LogP contribution in [0.3, 0.4) is 0 Å². The highest BCUT2D eigenvalue weighted by Crippen LogP contribution is 2.60. The van der Waals surface area contributed by atoms with Crippen molar-refractivity contribution >= 4 is 0 Å². The molecule has 2 aromatic carbocycles. The van der Waals surface area contributed by atoms with E-state index in [0.29, 0.717) is 18.6 Å². The first-order chi connectivity index (χ1) is 15.3. The quantitative estimate of drug-likeness (QED) is 0.602. The molecule has 4 bridgehead atoms. The largest absolute Gasteiger partial charge is 1.00 e. The van der Waals surface area contributed by atoms with Crippen molar-refractivity contribution in [2.45, 2.75) is 63.5 Å². The van der Waals surface area contributed by atoms with Gasteiger partial charge in [0.25, 0.3) is 0 Å². The van der Waals surface area contributed by atoms with Crippen LogP contribution in [0.4, 0.5) is 0 Å². The summed E-state index contributed by atoms with van der Waals surface area (Å²) in [4.78, 5) is 0. The highest BCUT2D eigenvalue weighted by Gasteiger charge is 2.51. The fourth-order valence-electron chi connectivity index (χ4n) is 7.44. The van der Waals surface area contributed by atoms with Crippen molar-refractivity contribution in [2.75, 3.05) is 27.2 Å². The molecule has 180 valence electrons. The zero-order chi connectivity index (χ0) is 22.3. The van der Waals surface area contributed by atoms with Crippen molar-refractivity contribution in [3.63, 3.8) is 0 Å². The van der Waals surface area contributed by atoms with Crippen molar-refractivity contribution < 1.29 is 26.7 Å². The minimum Gasteiger partial charge on any atom is -1.00 e. The third kappa shape index (κ3) is 5.58. The molecule has 0 radical (unpaired) electrons. The Hall–Kier alpha value is -1.55. The van der Waals surface area contributed by atoms with Gasteiger partial charge in [0.05, 0.1) is 14.1 Å². The first kappa shape index (κ1) is 24.6. The second-order valence-corrected chi connectivity index (χ2v) is 11.9. The molecule has 1 atom stereocenters. The molecule has 2 aromatic rings. The summed E-state index contributed by atoms with van der Waals surface area (Å²) in [5, 5.41) is 10.6. The number of halogens is 1. The van der Waals surface area contributed by atoms with Gasteiger partial charge in [0.2, 0.25) is 0 Å². The molecule has 4 aliphatic carbocycles. The van der Waals surface area contributed by atoms with Crippen LogP contribution in [0, 0.1) is 24.7 Å². The molecular formula is C29H40ClNO2. The van der Waals surface area contributed by atoms with Gasteiger partial charge in [-0.3, -0.25) is 0 Å². The average molecular weight is 470 g/mol. The third-order valence-electron chi connectivity index (χ3n) is 8.38. The number of hydrogen-bond acceptors (Lipinski definition) is 2. The fourth-order valence-corrected chi connectivity index (χ4v) is 7.44. The number of ether oxygens (including phenoxy) is 1. The molecule has 0 amide bonds. The van der Waals surface area contributed by atoms with Crippen LogP contribution >= 0.6 is 0 Å². The molecule has 33 heavy (non-hydrogen) atoms. The molecule has 4 heteroatoms. The van der Waals surface area contributed by atoms with Gasteiger partial charge in [-0.2, -0.15) is 0 Å². The second kappa shape index (κ2) is 9.60. The number of aryl methyl sites for hydroxylation is 1. The van der Waals surface area contributed by atoms with E-state index in [1.807, 2.05) is 0 Å². The predicted molar refractivity (Wildman–Crippen MR) is 130 cm³/mol. The van der Waals surface area contributed by atoms with Crippen LogP contribution < -0.4 is 17.1 Å². The van der Waals surface area contributed by atoms with Crippen LogP contribution in [0.15, 0.2) is 48.5 Å². The average Bonchev–Trinajstić information content (AvgIpc) is 2.73. The normalized spacial score (nSPS) is 28.9. The van der Waals surface area contributed by atoms with Crippen molar-refractivity contribution in [1.82, 2.24) is 0 Å². The number of aliphatic hydroxyl groups excluding tert-OH is 1. The van der Waals surface area contributed by atoms with E-state index in [-0.39, 0.29) is 12.4 Å². The number of nitrogens with zero attached hydrogens (tertiary/aromatic N) is 1. The lowest BCUT2D eigenvalue weighted by molar-refractivity contribution is -0.906. The topological polar surface area (TPSA) is 29.5 Å². The zero-order valence-corrected chi connectivity index (χ0v) is 21.2. The Kier molecular flexibility index (Phi) is 7.15. The zero-order valence-electron chi connectivity index (χ0n) is 20.5. The van der Waals surface area contributed by atoms with Gasteiger partial charge in [0.15, 0.2) is 0 Å². The van der Waals surface area contributed by atoms with Crippen molar-refractivity contribution in [1.29, 1.82) is 0 Å². The minimum atomic E-state index is -0.488. The van der Waals surface area contributed by atoms with Gasteiger partial charge >= 0.3 is 0 Å². The first-order valence-corrected chi connectivity index (χ1v) is 12.6. The molecular weight excluding hydrogens is 430 g/mol. The van der Waals surface area contributed by atoms with E-state index in [1.165, 1.54) is 55.2 Å². The molecule has 0 aliphatic heterocycles. The van der Waals surface area contributed by atoms with E-state index in [1.54, 1.807) is 0 Å². The van der Waals surface area contributed by atoms with Gasteiger partial charge in [-0.15, -0.1) is 0 Å². The summed E-state index contributed by atoms with van der Waals surface area (Å²) >= 11 is 0. The monoisotopic (exact) mass is 469 g/mol. The molecule has 0 aromatic heterocycles. The molecule has 3 nitrogen and oxygen atoms in total. The Morgan fingerprint density at radius 1 is 0.909 bits per heavy atom. The van der Waals surface area contributed by atoms with E-state index in [4.69, 9.17) is 4.74 Å². The highest BCUT2D eigenvalue weighted by atomic mass is 35.5. The van der Waals surface area contributed by atoms with Crippen LogP contribution in [0.5, 0.6) is 5.75 Å². The number of quaternary nitrogens is 1. The Morgan fingerprint density at radius 2 is 1.45 bits per heavy atom. The maximum atomic E-state index is 10.6. The molecule has 6 rings (SSSR count). The summed E-state index contributed by atoms with van der Waals surface area (Å²) in [6.07, 6.45) is 8.15. The van der Waals surface area contributed by atoms with E-state index in [2.05, 4.69) is 69.6 Å². The highest BCUT2D eigenvalue weighted by molar-refractivity contribution is 5.34. The number of hydrogen-bond donors (Lipinski definition) is 1. The number of aliphatic hydroxyl groups is 1. The van der Waals surface area contributed by atoms with Gasteiger partial charge in [0.1, 0.15) is 31.5 Å². The fraction of sp³-hybridized carbons (Fsp3) is 0.586. The summed E-state index contributed by atoms with van der Waals surface area (Å²) in [7, 11) is 4.34. The lowest BCUT2D eigenvalue weighted by atomic mass is 9.48.